The topological polar surface area (TPSA) is 41.9 Å². The van der Waals surface area contributed by atoms with Crippen LogP contribution in [0.25, 0.3) is 0 Å². The highest BCUT2D eigenvalue weighted by atomic mass is 19.1. The molecule has 1 aromatic carbocycles. The minimum atomic E-state index is -0.384. The van der Waals surface area contributed by atoms with E-state index in [0.29, 0.717) is 19.8 Å². The van der Waals surface area contributed by atoms with Crippen LogP contribution in [-0.4, -0.2) is 45.6 Å². The van der Waals surface area contributed by atoms with Crippen LogP contribution < -0.4 is 9.64 Å². The molecule has 1 aliphatic rings. The first kappa shape index (κ1) is 13.1. The average Bonchev–Trinajstić information content (AvgIpc) is 2.33. The van der Waals surface area contributed by atoms with Gasteiger partial charge in [-0.05, 0) is 12.1 Å². The number of aliphatic hydroxyl groups is 1. The maximum atomic E-state index is 13.6. The molecule has 0 unspecified atom stereocenters. The third-order valence-corrected chi connectivity index (χ3v) is 3.30. The Morgan fingerprint density at radius 2 is 2.22 bits per heavy atom. The second-order valence-electron chi connectivity index (χ2n) is 4.83. The Kier molecular flexibility index (Phi) is 3.73. The van der Waals surface area contributed by atoms with E-state index in [4.69, 9.17) is 9.47 Å². The summed E-state index contributed by atoms with van der Waals surface area (Å²) in [4.78, 5) is 1.92. The van der Waals surface area contributed by atoms with Gasteiger partial charge >= 0.3 is 0 Å². The molecular weight excluding hydrogens is 237 g/mol. The highest BCUT2D eigenvalue weighted by molar-refractivity contribution is 5.49. The van der Waals surface area contributed by atoms with E-state index in [0.717, 1.165) is 5.69 Å². The van der Waals surface area contributed by atoms with Crippen molar-refractivity contribution < 1.29 is 19.0 Å². The summed E-state index contributed by atoms with van der Waals surface area (Å²) in [5.41, 5.74) is 0.540. The van der Waals surface area contributed by atoms with E-state index < -0.39 is 0 Å². The van der Waals surface area contributed by atoms with Gasteiger partial charge in [0.25, 0.3) is 0 Å². The van der Waals surface area contributed by atoms with E-state index in [-0.39, 0.29) is 23.6 Å². The van der Waals surface area contributed by atoms with Crippen LogP contribution in [-0.2, 0) is 4.74 Å². The summed E-state index contributed by atoms with van der Waals surface area (Å²) in [6, 6.07) is 4.83. The molecule has 0 amide bonds. The largest absolute Gasteiger partial charge is 0.494 e. The van der Waals surface area contributed by atoms with Crippen molar-refractivity contribution in [2.24, 2.45) is 5.41 Å². The molecule has 0 aliphatic carbocycles. The van der Waals surface area contributed by atoms with Crippen molar-refractivity contribution in [1.82, 2.24) is 0 Å². The van der Waals surface area contributed by atoms with Gasteiger partial charge in [-0.3, -0.25) is 0 Å². The Balaban J connectivity index is 2.09. The number of hydrogen-bond donors (Lipinski definition) is 1. The molecule has 1 aromatic rings. The molecule has 0 spiro atoms. The Hall–Kier alpha value is -1.33. The fraction of sp³-hybridized carbons (Fsp3) is 0.538. The van der Waals surface area contributed by atoms with Crippen LogP contribution in [0.4, 0.5) is 10.1 Å². The number of halogens is 1. The second-order valence-corrected chi connectivity index (χ2v) is 4.83. The fourth-order valence-corrected chi connectivity index (χ4v) is 2.11. The van der Waals surface area contributed by atoms with Gasteiger partial charge in [0.05, 0.1) is 32.3 Å². The molecule has 1 heterocycles. The SMILES string of the molecule is COc1ccc(N(C)CC2(CO)COC2)cc1F. The van der Waals surface area contributed by atoms with E-state index in [1.165, 1.54) is 13.2 Å². The normalized spacial score (nSPS) is 17.1. The van der Waals surface area contributed by atoms with E-state index in [2.05, 4.69) is 0 Å². The van der Waals surface area contributed by atoms with Crippen molar-refractivity contribution in [2.45, 2.75) is 0 Å². The fourth-order valence-electron chi connectivity index (χ4n) is 2.11. The molecule has 100 valence electrons. The van der Waals surface area contributed by atoms with Gasteiger partial charge in [-0.15, -0.1) is 0 Å². The van der Waals surface area contributed by atoms with Gasteiger partial charge in [-0.25, -0.2) is 4.39 Å². The van der Waals surface area contributed by atoms with Crippen LogP contribution in [0.1, 0.15) is 0 Å². The number of rotatable bonds is 5. The first-order valence-electron chi connectivity index (χ1n) is 5.83. The van der Waals surface area contributed by atoms with E-state index >= 15 is 0 Å². The Morgan fingerprint density at radius 3 is 2.67 bits per heavy atom. The van der Waals surface area contributed by atoms with Crippen LogP contribution in [0.15, 0.2) is 18.2 Å². The van der Waals surface area contributed by atoms with E-state index in [1.807, 2.05) is 11.9 Å². The zero-order chi connectivity index (χ0) is 13.2. The smallest absolute Gasteiger partial charge is 0.167 e. The molecule has 0 radical (unpaired) electrons. The number of hydrogen-bond acceptors (Lipinski definition) is 4. The van der Waals surface area contributed by atoms with Crippen LogP contribution >= 0.6 is 0 Å². The number of nitrogens with zero attached hydrogens (tertiary/aromatic N) is 1. The average molecular weight is 255 g/mol. The Bertz CT molecular complexity index is 415. The molecule has 1 saturated heterocycles. The zero-order valence-electron chi connectivity index (χ0n) is 10.6. The van der Waals surface area contributed by atoms with Gasteiger partial charge in [0, 0.05) is 25.3 Å². The maximum absolute atomic E-state index is 13.6. The molecule has 5 heteroatoms. The third kappa shape index (κ3) is 2.42. The number of benzene rings is 1. The highest BCUT2D eigenvalue weighted by Gasteiger charge is 2.39. The van der Waals surface area contributed by atoms with Gasteiger partial charge in [-0.1, -0.05) is 0 Å². The van der Waals surface area contributed by atoms with Crippen LogP contribution in [0.3, 0.4) is 0 Å². The Labute approximate surface area is 106 Å². The second kappa shape index (κ2) is 5.12. The quantitative estimate of drug-likeness (QED) is 0.860. The third-order valence-electron chi connectivity index (χ3n) is 3.30. The van der Waals surface area contributed by atoms with Crippen LogP contribution in [0.5, 0.6) is 5.75 Å². The molecule has 0 bridgehead atoms. The predicted molar refractivity (Wildman–Crippen MR) is 66.6 cm³/mol. The van der Waals surface area contributed by atoms with Crippen molar-refractivity contribution in [3.05, 3.63) is 24.0 Å². The summed E-state index contributed by atoms with van der Waals surface area (Å²) < 4.78 is 23.6. The number of aliphatic hydroxyl groups excluding tert-OH is 1. The van der Waals surface area contributed by atoms with Crippen molar-refractivity contribution in [1.29, 1.82) is 0 Å². The molecule has 1 aliphatic heterocycles. The lowest BCUT2D eigenvalue weighted by Gasteiger charge is -2.42. The molecule has 0 atom stereocenters. The predicted octanol–water partition coefficient (Wildman–Crippen LogP) is 1.28. The van der Waals surface area contributed by atoms with Gasteiger partial charge < -0.3 is 19.5 Å². The lowest BCUT2D eigenvalue weighted by Crippen LogP contribution is -2.52. The number of anilines is 1. The van der Waals surface area contributed by atoms with Gasteiger partial charge in [-0.2, -0.15) is 0 Å². The maximum Gasteiger partial charge on any atom is 0.167 e. The van der Waals surface area contributed by atoms with Crippen molar-refractivity contribution in [3.8, 4) is 5.75 Å². The lowest BCUT2D eigenvalue weighted by molar-refractivity contribution is -0.130. The summed E-state index contributed by atoms with van der Waals surface area (Å²) in [6.45, 7) is 1.81. The molecule has 0 aromatic heterocycles. The summed E-state index contributed by atoms with van der Waals surface area (Å²) in [5, 5.41) is 9.37. The van der Waals surface area contributed by atoms with Gasteiger partial charge in [0.15, 0.2) is 11.6 Å². The lowest BCUT2D eigenvalue weighted by atomic mass is 9.86. The summed E-state index contributed by atoms with van der Waals surface area (Å²) in [6.07, 6.45) is 0. The monoisotopic (exact) mass is 255 g/mol. The number of ether oxygens (including phenoxy) is 2. The first-order valence-corrected chi connectivity index (χ1v) is 5.83. The standard InChI is InChI=1S/C13H18FNO3/c1-15(6-13(7-16)8-18-9-13)10-3-4-12(17-2)11(14)5-10/h3-5,16H,6-9H2,1-2H3. The molecule has 1 N–H and O–H groups in total. The molecular formula is C13H18FNO3. The molecule has 1 fully saturated rings. The highest BCUT2D eigenvalue weighted by Crippen LogP contribution is 2.30. The van der Waals surface area contributed by atoms with Crippen molar-refractivity contribution >= 4 is 5.69 Å². The van der Waals surface area contributed by atoms with E-state index in [9.17, 15) is 9.50 Å². The molecule has 2 rings (SSSR count). The van der Waals surface area contributed by atoms with Crippen molar-refractivity contribution in [2.75, 3.05) is 45.4 Å². The minimum absolute atomic E-state index is 0.0793. The Morgan fingerprint density at radius 1 is 1.50 bits per heavy atom. The summed E-state index contributed by atoms with van der Waals surface area (Å²) in [7, 11) is 3.31. The first-order chi connectivity index (χ1) is 8.60. The summed E-state index contributed by atoms with van der Waals surface area (Å²) >= 11 is 0. The van der Waals surface area contributed by atoms with E-state index in [1.54, 1.807) is 12.1 Å². The molecule has 4 nitrogen and oxygen atoms in total. The van der Waals surface area contributed by atoms with Crippen LogP contribution in [0, 0.1) is 11.2 Å². The zero-order valence-corrected chi connectivity index (χ0v) is 10.6. The van der Waals surface area contributed by atoms with Gasteiger partial charge in [0.2, 0.25) is 0 Å². The minimum Gasteiger partial charge on any atom is -0.494 e. The number of methoxy groups -OCH3 is 1. The molecule has 18 heavy (non-hydrogen) atoms. The van der Waals surface area contributed by atoms with Gasteiger partial charge in [0.1, 0.15) is 0 Å². The molecule has 0 saturated carbocycles. The van der Waals surface area contributed by atoms with Crippen LogP contribution in [0.2, 0.25) is 0 Å². The summed E-state index contributed by atoms with van der Waals surface area (Å²) in [5.74, 6) is -0.152. The van der Waals surface area contributed by atoms with Crippen molar-refractivity contribution in [3.63, 3.8) is 0 Å².